The Morgan fingerprint density at radius 2 is 1.27 bits per heavy atom. The first-order valence-corrected chi connectivity index (χ1v) is 5.66. The lowest BCUT2D eigenvalue weighted by Gasteiger charge is -2.17. The quantitative estimate of drug-likeness (QED) is 0.574. The molecule has 0 unspecified atom stereocenters. The zero-order valence-corrected chi connectivity index (χ0v) is 10.4. The molecule has 0 heterocycles. The van der Waals surface area contributed by atoms with E-state index >= 15 is 0 Å². The van der Waals surface area contributed by atoms with E-state index < -0.39 is 0 Å². The third kappa shape index (κ3) is 9.70. The van der Waals surface area contributed by atoms with Gasteiger partial charge in [0.25, 0.3) is 0 Å². The van der Waals surface area contributed by atoms with E-state index in [1.165, 1.54) is 0 Å². The van der Waals surface area contributed by atoms with Crippen LogP contribution in [0.1, 0.15) is 34.1 Å². The molecule has 2 heteroatoms. The van der Waals surface area contributed by atoms with Gasteiger partial charge in [0.05, 0.1) is 25.4 Å². The van der Waals surface area contributed by atoms with Crippen LogP contribution in [0.5, 0.6) is 0 Å². The topological polar surface area (TPSA) is 18.5 Å². The Labute approximate surface area is 94.0 Å². The SMILES string of the molecule is C/C=C/CO[C@H](C)C[C@@H](C)OC/C=C/C. The minimum atomic E-state index is 0.252. The molecule has 0 radical (unpaired) electrons. The van der Waals surface area contributed by atoms with Gasteiger partial charge in [0.1, 0.15) is 0 Å². The Morgan fingerprint density at radius 1 is 0.867 bits per heavy atom. The van der Waals surface area contributed by atoms with Crippen LogP contribution in [0.25, 0.3) is 0 Å². The Balaban J connectivity index is 3.52. The molecule has 0 aromatic rings. The van der Waals surface area contributed by atoms with Crippen molar-refractivity contribution in [1.82, 2.24) is 0 Å². The van der Waals surface area contributed by atoms with Gasteiger partial charge >= 0.3 is 0 Å². The van der Waals surface area contributed by atoms with E-state index in [2.05, 4.69) is 13.8 Å². The Morgan fingerprint density at radius 3 is 1.60 bits per heavy atom. The molecule has 0 bridgehead atoms. The summed E-state index contributed by atoms with van der Waals surface area (Å²) in [5.41, 5.74) is 0. The van der Waals surface area contributed by atoms with Gasteiger partial charge in [0.2, 0.25) is 0 Å². The standard InChI is InChI=1S/C13H24O2/c1-5-7-9-14-12(3)11-13(4)15-10-8-6-2/h5-8,12-13H,9-11H2,1-4H3/b7-5+,8-6+/t12-,13-/m1/s1. The van der Waals surface area contributed by atoms with Crippen molar-refractivity contribution in [3.63, 3.8) is 0 Å². The first-order valence-electron chi connectivity index (χ1n) is 5.66. The molecule has 0 saturated carbocycles. The van der Waals surface area contributed by atoms with Gasteiger partial charge < -0.3 is 9.47 Å². The largest absolute Gasteiger partial charge is 0.374 e. The number of hydrogen-bond acceptors (Lipinski definition) is 2. The molecule has 2 atom stereocenters. The fraction of sp³-hybridized carbons (Fsp3) is 0.692. The van der Waals surface area contributed by atoms with Gasteiger partial charge in [0, 0.05) is 0 Å². The fourth-order valence-corrected chi connectivity index (χ4v) is 1.24. The molecule has 0 aliphatic heterocycles. The van der Waals surface area contributed by atoms with Crippen LogP contribution in [0.15, 0.2) is 24.3 Å². The second-order valence-corrected chi connectivity index (χ2v) is 3.66. The van der Waals surface area contributed by atoms with E-state index in [1.54, 1.807) is 0 Å². The number of allylic oxidation sites excluding steroid dienone is 2. The summed E-state index contributed by atoms with van der Waals surface area (Å²) in [6.07, 6.45) is 9.47. The third-order valence-corrected chi connectivity index (χ3v) is 2.09. The van der Waals surface area contributed by atoms with Crippen molar-refractivity contribution in [2.24, 2.45) is 0 Å². The monoisotopic (exact) mass is 212 g/mol. The zero-order chi connectivity index (χ0) is 11.5. The smallest absolute Gasteiger partial charge is 0.0651 e. The van der Waals surface area contributed by atoms with E-state index in [9.17, 15) is 0 Å². The number of rotatable bonds is 8. The lowest BCUT2D eigenvalue weighted by molar-refractivity contribution is 0.0149. The van der Waals surface area contributed by atoms with E-state index in [0.717, 1.165) is 6.42 Å². The summed E-state index contributed by atoms with van der Waals surface area (Å²) in [7, 11) is 0. The van der Waals surface area contributed by atoms with Gasteiger partial charge in [-0.2, -0.15) is 0 Å². The minimum Gasteiger partial charge on any atom is -0.374 e. The summed E-state index contributed by atoms with van der Waals surface area (Å²) < 4.78 is 11.1. The van der Waals surface area contributed by atoms with Gasteiger partial charge in [-0.15, -0.1) is 0 Å². The molecule has 0 spiro atoms. The van der Waals surface area contributed by atoms with Crippen molar-refractivity contribution < 1.29 is 9.47 Å². The summed E-state index contributed by atoms with van der Waals surface area (Å²) in [5.74, 6) is 0. The van der Waals surface area contributed by atoms with Crippen LogP contribution in [-0.4, -0.2) is 25.4 Å². The van der Waals surface area contributed by atoms with Crippen LogP contribution in [-0.2, 0) is 9.47 Å². The van der Waals surface area contributed by atoms with E-state index in [1.807, 2.05) is 38.2 Å². The predicted molar refractivity (Wildman–Crippen MR) is 65.1 cm³/mol. The maximum absolute atomic E-state index is 5.57. The molecular formula is C13H24O2. The molecule has 0 saturated heterocycles. The van der Waals surface area contributed by atoms with E-state index in [0.29, 0.717) is 13.2 Å². The second-order valence-electron chi connectivity index (χ2n) is 3.66. The van der Waals surface area contributed by atoms with Crippen LogP contribution >= 0.6 is 0 Å². The average Bonchev–Trinajstić information content (AvgIpc) is 2.18. The van der Waals surface area contributed by atoms with Crippen molar-refractivity contribution in [3.05, 3.63) is 24.3 Å². The molecule has 0 aliphatic carbocycles. The van der Waals surface area contributed by atoms with Crippen LogP contribution in [0.2, 0.25) is 0 Å². The van der Waals surface area contributed by atoms with Crippen LogP contribution in [0.3, 0.4) is 0 Å². The third-order valence-electron chi connectivity index (χ3n) is 2.09. The number of hydrogen-bond donors (Lipinski definition) is 0. The van der Waals surface area contributed by atoms with Crippen LogP contribution in [0, 0.1) is 0 Å². The second kappa shape index (κ2) is 9.94. The molecule has 0 N–H and O–H groups in total. The fourth-order valence-electron chi connectivity index (χ4n) is 1.24. The highest BCUT2D eigenvalue weighted by Crippen LogP contribution is 2.05. The zero-order valence-electron chi connectivity index (χ0n) is 10.4. The van der Waals surface area contributed by atoms with E-state index in [-0.39, 0.29) is 12.2 Å². The predicted octanol–water partition coefficient (Wildman–Crippen LogP) is 3.34. The van der Waals surface area contributed by atoms with Crippen molar-refractivity contribution in [3.8, 4) is 0 Å². The molecule has 0 aromatic carbocycles. The number of ether oxygens (including phenoxy) is 2. The first kappa shape index (κ1) is 14.4. The molecule has 2 nitrogen and oxygen atoms in total. The normalized spacial score (nSPS) is 16.3. The Bertz CT molecular complexity index is 165. The molecule has 15 heavy (non-hydrogen) atoms. The van der Waals surface area contributed by atoms with Crippen molar-refractivity contribution in [2.45, 2.75) is 46.3 Å². The van der Waals surface area contributed by atoms with E-state index in [4.69, 9.17) is 9.47 Å². The van der Waals surface area contributed by atoms with Crippen LogP contribution < -0.4 is 0 Å². The lowest BCUT2D eigenvalue weighted by atomic mass is 10.2. The van der Waals surface area contributed by atoms with Crippen molar-refractivity contribution in [1.29, 1.82) is 0 Å². The molecule has 0 fully saturated rings. The molecule has 0 amide bonds. The highest BCUT2D eigenvalue weighted by molar-refractivity contribution is 4.77. The highest BCUT2D eigenvalue weighted by Gasteiger charge is 2.07. The summed E-state index contributed by atoms with van der Waals surface area (Å²) in [5, 5.41) is 0. The molecule has 0 aliphatic rings. The van der Waals surface area contributed by atoms with Gasteiger partial charge in [-0.1, -0.05) is 24.3 Å². The molecule has 0 aromatic heterocycles. The Hall–Kier alpha value is -0.600. The van der Waals surface area contributed by atoms with Crippen molar-refractivity contribution >= 4 is 0 Å². The summed E-state index contributed by atoms with van der Waals surface area (Å²) in [4.78, 5) is 0. The average molecular weight is 212 g/mol. The minimum absolute atomic E-state index is 0.252. The first-order chi connectivity index (χ1) is 7.20. The van der Waals surface area contributed by atoms with Crippen molar-refractivity contribution in [2.75, 3.05) is 13.2 Å². The summed E-state index contributed by atoms with van der Waals surface area (Å²) in [6, 6.07) is 0. The molecule has 0 rings (SSSR count). The maximum atomic E-state index is 5.57. The van der Waals surface area contributed by atoms with Crippen LogP contribution in [0.4, 0.5) is 0 Å². The summed E-state index contributed by atoms with van der Waals surface area (Å²) in [6.45, 7) is 9.55. The summed E-state index contributed by atoms with van der Waals surface area (Å²) >= 11 is 0. The molecular weight excluding hydrogens is 188 g/mol. The molecule has 88 valence electrons. The van der Waals surface area contributed by atoms with Gasteiger partial charge in [-0.3, -0.25) is 0 Å². The van der Waals surface area contributed by atoms with Gasteiger partial charge in [-0.05, 0) is 34.1 Å². The Kier molecular flexibility index (Phi) is 9.54. The maximum Gasteiger partial charge on any atom is 0.0651 e. The van der Waals surface area contributed by atoms with Gasteiger partial charge in [0.15, 0.2) is 0 Å². The highest BCUT2D eigenvalue weighted by atomic mass is 16.5. The van der Waals surface area contributed by atoms with Gasteiger partial charge in [-0.25, -0.2) is 0 Å². The lowest BCUT2D eigenvalue weighted by Crippen LogP contribution is -2.18.